The van der Waals surface area contributed by atoms with Crippen LogP contribution in [0.1, 0.15) is 50.2 Å². The summed E-state index contributed by atoms with van der Waals surface area (Å²) in [5, 5.41) is 0.615. The maximum Gasteiger partial charge on any atom is 0.243 e. The van der Waals surface area contributed by atoms with Crippen LogP contribution in [-0.2, 0) is 10.0 Å². The molecule has 0 unspecified atom stereocenters. The Labute approximate surface area is 163 Å². The van der Waals surface area contributed by atoms with E-state index in [1.54, 1.807) is 23.5 Å². The van der Waals surface area contributed by atoms with Gasteiger partial charge in [-0.3, -0.25) is 0 Å². The van der Waals surface area contributed by atoms with E-state index in [2.05, 4.69) is 11.8 Å². The first-order chi connectivity index (χ1) is 12.2. The lowest BCUT2D eigenvalue weighted by molar-refractivity contribution is 0.136. The molecular formula is C20H31ClN2O2S. The number of hydrogen-bond acceptors (Lipinski definition) is 3. The van der Waals surface area contributed by atoms with Gasteiger partial charge < -0.3 is 4.90 Å². The summed E-state index contributed by atoms with van der Waals surface area (Å²) in [6, 6.07) is 4.07. The van der Waals surface area contributed by atoms with E-state index < -0.39 is 10.0 Å². The molecule has 26 heavy (non-hydrogen) atoms. The second-order valence-corrected chi connectivity index (χ2v) is 10.6. The third-order valence-electron chi connectivity index (χ3n) is 6.34. The van der Waals surface area contributed by atoms with Crippen LogP contribution in [0.25, 0.3) is 0 Å². The van der Waals surface area contributed by atoms with Gasteiger partial charge in [-0.05, 0) is 88.2 Å². The summed E-state index contributed by atoms with van der Waals surface area (Å²) in [5.74, 6) is 0.822. The Balaban J connectivity index is 1.73. The van der Waals surface area contributed by atoms with Crippen molar-refractivity contribution in [3.05, 3.63) is 28.3 Å². The zero-order valence-corrected chi connectivity index (χ0v) is 17.9. The molecule has 1 saturated heterocycles. The van der Waals surface area contributed by atoms with Crippen molar-refractivity contribution in [1.29, 1.82) is 0 Å². The Morgan fingerprint density at radius 3 is 2.38 bits per heavy atom. The summed E-state index contributed by atoms with van der Waals surface area (Å²) in [5.41, 5.74) is 1.52. The summed E-state index contributed by atoms with van der Waals surface area (Å²) < 4.78 is 28.0. The molecule has 1 aromatic carbocycles. The Bertz CT molecular complexity index is 757. The molecule has 4 nitrogen and oxygen atoms in total. The lowest BCUT2D eigenvalue weighted by atomic mass is 9.97. The number of nitrogens with zero attached hydrogens (tertiary/aromatic N) is 2. The van der Waals surface area contributed by atoms with E-state index >= 15 is 0 Å². The molecule has 2 fully saturated rings. The van der Waals surface area contributed by atoms with E-state index in [1.165, 1.54) is 12.8 Å². The molecule has 2 atom stereocenters. The van der Waals surface area contributed by atoms with Crippen LogP contribution >= 0.6 is 11.6 Å². The molecule has 1 aliphatic heterocycles. The summed E-state index contributed by atoms with van der Waals surface area (Å²) in [7, 11) is -1.76. The van der Waals surface area contributed by atoms with Crippen LogP contribution in [-0.4, -0.2) is 49.8 Å². The topological polar surface area (TPSA) is 40.6 Å². The first-order valence-electron chi connectivity index (χ1n) is 9.69. The largest absolute Gasteiger partial charge is 0.300 e. The van der Waals surface area contributed by atoms with Gasteiger partial charge in [-0.1, -0.05) is 18.5 Å². The van der Waals surface area contributed by atoms with E-state index in [0.29, 0.717) is 21.5 Å². The van der Waals surface area contributed by atoms with Crippen LogP contribution in [0.5, 0.6) is 0 Å². The second kappa shape index (κ2) is 7.78. The third-order valence-corrected chi connectivity index (χ3v) is 8.80. The molecule has 1 aromatic rings. The number of benzene rings is 1. The highest BCUT2D eigenvalue weighted by atomic mass is 35.5. The van der Waals surface area contributed by atoms with Gasteiger partial charge in [0.05, 0.1) is 4.90 Å². The SMILES string of the molecule is Cc1cc(S(=O)(=O)N(C)[C@H]2CC[C@@H](N3CCC(C)CC3)C2)c(C)cc1Cl. The molecular weight excluding hydrogens is 368 g/mol. The summed E-state index contributed by atoms with van der Waals surface area (Å²) in [6.45, 7) is 8.31. The lowest BCUT2D eigenvalue weighted by Crippen LogP contribution is -2.41. The summed E-state index contributed by atoms with van der Waals surface area (Å²) in [6.07, 6.45) is 5.50. The quantitative estimate of drug-likeness (QED) is 0.761. The molecule has 1 saturated carbocycles. The molecule has 0 aromatic heterocycles. The highest BCUT2D eigenvalue weighted by Gasteiger charge is 2.37. The zero-order chi connectivity index (χ0) is 19.1. The smallest absolute Gasteiger partial charge is 0.243 e. The third kappa shape index (κ3) is 3.96. The Morgan fingerprint density at radius 1 is 1.08 bits per heavy atom. The van der Waals surface area contributed by atoms with Crippen LogP contribution in [0.2, 0.25) is 5.02 Å². The molecule has 146 valence electrons. The molecule has 0 radical (unpaired) electrons. The normalized spacial score (nSPS) is 25.9. The van der Waals surface area contributed by atoms with Gasteiger partial charge in [-0.25, -0.2) is 8.42 Å². The molecule has 6 heteroatoms. The van der Waals surface area contributed by atoms with Crippen LogP contribution < -0.4 is 0 Å². The number of hydrogen-bond donors (Lipinski definition) is 0. The van der Waals surface area contributed by atoms with Crippen LogP contribution in [0.3, 0.4) is 0 Å². The summed E-state index contributed by atoms with van der Waals surface area (Å²) >= 11 is 6.14. The van der Waals surface area contributed by atoms with Gasteiger partial charge >= 0.3 is 0 Å². The van der Waals surface area contributed by atoms with Crippen LogP contribution in [0.4, 0.5) is 0 Å². The van der Waals surface area contributed by atoms with E-state index in [0.717, 1.165) is 43.8 Å². The van der Waals surface area contributed by atoms with Gasteiger partial charge in [0.2, 0.25) is 10.0 Å². The van der Waals surface area contributed by atoms with E-state index in [1.807, 2.05) is 13.8 Å². The van der Waals surface area contributed by atoms with E-state index in [9.17, 15) is 8.42 Å². The van der Waals surface area contributed by atoms with Gasteiger partial charge in [0.25, 0.3) is 0 Å². The van der Waals surface area contributed by atoms with E-state index in [4.69, 9.17) is 11.6 Å². The van der Waals surface area contributed by atoms with Crippen molar-refractivity contribution in [3.8, 4) is 0 Å². The molecule has 0 amide bonds. The maximum atomic E-state index is 13.2. The average Bonchev–Trinajstić information content (AvgIpc) is 3.07. The highest BCUT2D eigenvalue weighted by Crippen LogP contribution is 2.34. The molecule has 0 spiro atoms. The fourth-order valence-corrected chi connectivity index (χ4v) is 6.28. The highest BCUT2D eigenvalue weighted by molar-refractivity contribution is 7.89. The van der Waals surface area contributed by atoms with Gasteiger partial charge in [0, 0.05) is 24.2 Å². The number of halogens is 1. The number of sulfonamides is 1. The minimum atomic E-state index is -3.50. The van der Waals surface area contributed by atoms with Gasteiger partial charge in [-0.15, -0.1) is 0 Å². The predicted octanol–water partition coefficient (Wildman–Crippen LogP) is 4.23. The van der Waals surface area contributed by atoms with Crippen molar-refractivity contribution in [2.24, 2.45) is 5.92 Å². The predicted molar refractivity (Wildman–Crippen MR) is 107 cm³/mol. The Morgan fingerprint density at radius 2 is 1.73 bits per heavy atom. The van der Waals surface area contributed by atoms with Gasteiger partial charge in [-0.2, -0.15) is 4.31 Å². The average molecular weight is 399 g/mol. The summed E-state index contributed by atoms with van der Waals surface area (Å²) in [4.78, 5) is 2.97. The van der Waals surface area contributed by atoms with Crippen molar-refractivity contribution in [3.63, 3.8) is 0 Å². The van der Waals surface area contributed by atoms with Gasteiger partial charge in [0.1, 0.15) is 0 Å². The second-order valence-electron chi connectivity index (χ2n) is 8.23. The number of piperidine rings is 1. The van der Waals surface area contributed by atoms with Crippen LogP contribution in [0, 0.1) is 19.8 Å². The first kappa shape index (κ1) is 20.1. The minimum Gasteiger partial charge on any atom is -0.300 e. The fraction of sp³-hybridized carbons (Fsp3) is 0.700. The Hall–Kier alpha value is -0.620. The number of likely N-dealkylation sites (tertiary alicyclic amines) is 1. The molecule has 2 aliphatic rings. The molecule has 0 bridgehead atoms. The van der Waals surface area contributed by atoms with Crippen molar-refractivity contribution >= 4 is 21.6 Å². The molecule has 1 aliphatic carbocycles. The molecule has 0 N–H and O–H groups in total. The van der Waals surface area contributed by atoms with Crippen molar-refractivity contribution in [2.45, 2.75) is 69.9 Å². The minimum absolute atomic E-state index is 0.0831. The fourth-order valence-electron chi connectivity index (χ4n) is 4.37. The Kier molecular flexibility index (Phi) is 6.02. The first-order valence-corrected chi connectivity index (χ1v) is 11.5. The van der Waals surface area contributed by atoms with Crippen molar-refractivity contribution in [2.75, 3.05) is 20.1 Å². The molecule has 1 heterocycles. The molecule has 3 rings (SSSR count). The van der Waals surface area contributed by atoms with Gasteiger partial charge in [0.15, 0.2) is 0 Å². The lowest BCUT2D eigenvalue weighted by Gasteiger charge is -2.35. The van der Waals surface area contributed by atoms with E-state index in [-0.39, 0.29) is 6.04 Å². The van der Waals surface area contributed by atoms with Crippen molar-refractivity contribution < 1.29 is 8.42 Å². The van der Waals surface area contributed by atoms with Crippen LogP contribution in [0.15, 0.2) is 17.0 Å². The maximum absolute atomic E-state index is 13.2. The monoisotopic (exact) mass is 398 g/mol. The van der Waals surface area contributed by atoms with Crippen molar-refractivity contribution in [1.82, 2.24) is 9.21 Å². The standard InChI is InChI=1S/C20H31ClN2O2S/c1-14-7-9-23(10-8-14)18-6-5-17(13-18)22(4)26(24,25)20-12-15(2)19(21)11-16(20)3/h11-12,14,17-18H,5-10,13H2,1-4H3/t17-,18+/m0/s1. The number of aryl methyl sites for hydroxylation is 2. The number of rotatable bonds is 4. The zero-order valence-electron chi connectivity index (χ0n) is 16.3.